The molecule has 4 heterocycles. The fourth-order valence-corrected chi connectivity index (χ4v) is 7.43. The van der Waals surface area contributed by atoms with Gasteiger partial charge in [-0.3, -0.25) is 4.90 Å². The summed E-state index contributed by atoms with van der Waals surface area (Å²) in [5.74, 6) is 2.03. The third kappa shape index (κ3) is 4.43. The topological polar surface area (TPSA) is 76.3 Å². The van der Waals surface area contributed by atoms with Crippen molar-refractivity contribution >= 4 is 6.09 Å². The van der Waals surface area contributed by atoms with Crippen LogP contribution in [0.1, 0.15) is 40.0 Å². The molecule has 4 aliphatic heterocycles. The van der Waals surface area contributed by atoms with E-state index in [0.717, 1.165) is 77.7 Å². The number of fused-ring (bicyclic) bond motifs is 1. The summed E-state index contributed by atoms with van der Waals surface area (Å²) in [7, 11) is 1.73. The molecule has 2 unspecified atom stereocenters. The SMILES string of the molecule is CO[C@H]1C([C@@]2(C)O[C@@H]2CC=C(C)C)[C@]2(CC[C@H]1OC(=O)N1C[C@@H]3C(CN4CCOCC4)[C@@H]3C1)CO2. The lowest BCUT2D eigenvalue weighted by Gasteiger charge is -2.43. The Hall–Kier alpha value is -1.19. The Bertz CT molecular complexity index is 839. The first-order valence-corrected chi connectivity index (χ1v) is 13.6. The van der Waals surface area contributed by atoms with Crippen molar-refractivity contribution < 1.29 is 28.5 Å². The zero-order valence-corrected chi connectivity index (χ0v) is 21.7. The summed E-state index contributed by atoms with van der Waals surface area (Å²) in [5, 5.41) is 0. The van der Waals surface area contributed by atoms with Crippen molar-refractivity contribution in [1.82, 2.24) is 9.80 Å². The average Bonchev–Trinajstić information content (AvgIpc) is 3.80. The maximum Gasteiger partial charge on any atom is 0.410 e. The molecule has 0 aromatic carbocycles. The second-order valence-corrected chi connectivity index (χ2v) is 12.1. The molecule has 2 aliphatic carbocycles. The number of hydrogen-bond donors (Lipinski definition) is 0. The highest BCUT2D eigenvalue weighted by atomic mass is 16.6. The molecule has 1 spiro atoms. The summed E-state index contributed by atoms with van der Waals surface area (Å²) in [6.07, 6.45) is 4.29. The van der Waals surface area contributed by atoms with Gasteiger partial charge in [-0.2, -0.15) is 0 Å². The highest BCUT2D eigenvalue weighted by Crippen LogP contribution is 2.60. The minimum absolute atomic E-state index is 0.0620. The number of methoxy groups -OCH3 is 1. The van der Waals surface area contributed by atoms with Crippen molar-refractivity contribution in [2.24, 2.45) is 23.7 Å². The second kappa shape index (κ2) is 8.98. The molecule has 6 aliphatic rings. The van der Waals surface area contributed by atoms with E-state index in [2.05, 4.69) is 31.7 Å². The lowest BCUT2D eigenvalue weighted by molar-refractivity contribution is -0.121. The second-order valence-electron chi connectivity index (χ2n) is 12.1. The molecule has 0 aromatic rings. The van der Waals surface area contributed by atoms with Gasteiger partial charge in [0.05, 0.1) is 31.8 Å². The van der Waals surface area contributed by atoms with Gasteiger partial charge in [-0.25, -0.2) is 4.79 Å². The number of epoxide rings is 2. The number of amides is 1. The molecule has 8 heteroatoms. The average molecular weight is 491 g/mol. The van der Waals surface area contributed by atoms with Crippen LogP contribution >= 0.6 is 0 Å². The number of hydrogen-bond acceptors (Lipinski definition) is 7. The van der Waals surface area contributed by atoms with Crippen LogP contribution in [0.25, 0.3) is 0 Å². The van der Waals surface area contributed by atoms with E-state index < -0.39 is 0 Å². The molecular weight excluding hydrogens is 448 g/mol. The lowest BCUT2D eigenvalue weighted by Crippen LogP contribution is -2.56. The Morgan fingerprint density at radius 2 is 1.89 bits per heavy atom. The first-order chi connectivity index (χ1) is 16.8. The van der Waals surface area contributed by atoms with Gasteiger partial charge in [0.25, 0.3) is 0 Å². The van der Waals surface area contributed by atoms with Gasteiger partial charge in [0.15, 0.2) is 0 Å². The molecule has 0 radical (unpaired) electrons. The van der Waals surface area contributed by atoms with Crippen LogP contribution in [0.4, 0.5) is 4.79 Å². The van der Waals surface area contributed by atoms with Gasteiger partial charge < -0.3 is 28.6 Å². The van der Waals surface area contributed by atoms with Gasteiger partial charge in [-0.1, -0.05) is 11.6 Å². The molecule has 196 valence electrons. The highest BCUT2D eigenvalue weighted by Gasteiger charge is 2.72. The number of nitrogens with zero attached hydrogens (tertiary/aromatic N) is 2. The van der Waals surface area contributed by atoms with Gasteiger partial charge in [0, 0.05) is 39.8 Å². The summed E-state index contributed by atoms with van der Waals surface area (Å²) in [5.41, 5.74) is 0.797. The van der Waals surface area contributed by atoms with Gasteiger partial charge >= 0.3 is 6.09 Å². The van der Waals surface area contributed by atoms with E-state index in [-0.39, 0.29) is 41.5 Å². The molecule has 0 bridgehead atoms. The fourth-order valence-electron chi connectivity index (χ4n) is 7.43. The number of likely N-dealkylation sites (tertiary alicyclic amines) is 1. The summed E-state index contributed by atoms with van der Waals surface area (Å²) in [6, 6.07) is 0. The summed E-state index contributed by atoms with van der Waals surface area (Å²) in [4.78, 5) is 17.6. The van der Waals surface area contributed by atoms with Crippen molar-refractivity contribution in [3.05, 3.63) is 11.6 Å². The predicted octanol–water partition coefficient (Wildman–Crippen LogP) is 2.71. The third-order valence-corrected chi connectivity index (χ3v) is 9.69. The van der Waals surface area contributed by atoms with E-state index in [4.69, 9.17) is 23.7 Å². The number of carbonyl (C=O) groups is 1. The van der Waals surface area contributed by atoms with Gasteiger partial charge in [-0.05, 0) is 57.8 Å². The molecule has 6 fully saturated rings. The van der Waals surface area contributed by atoms with Crippen LogP contribution in [0, 0.1) is 23.7 Å². The summed E-state index contributed by atoms with van der Waals surface area (Å²) >= 11 is 0. The van der Waals surface area contributed by atoms with Crippen LogP contribution < -0.4 is 0 Å². The molecule has 35 heavy (non-hydrogen) atoms. The summed E-state index contributed by atoms with van der Waals surface area (Å²) in [6.45, 7) is 13.7. The van der Waals surface area contributed by atoms with E-state index >= 15 is 0 Å². The molecule has 1 amide bonds. The van der Waals surface area contributed by atoms with Crippen molar-refractivity contribution in [1.29, 1.82) is 0 Å². The van der Waals surface area contributed by atoms with Crippen molar-refractivity contribution in [2.45, 2.75) is 69.5 Å². The Morgan fingerprint density at radius 3 is 2.51 bits per heavy atom. The third-order valence-electron chi connectivity index (χ3n) is 9.69. The van der Waals surface area contributed by atoms with E-state index in [9.17, 15) is 4.79 Å². The first kappa shape index (κ1) is 24.2. The molecule has 8 nitrogen and oxygen atoms in total. The van der Waals surface area contributed by atoms with Gasteiger partial charge in [-0.15, -0.1) is 0 Å². The normalized spacial score (nSPS) is 46.3. The smallest absolute Gasteiger partial charge is 0.410 e. The maximum absolute atomic E-state index is 13.2. The van der Waals surface area contributed by atoms with Crippen LogP contribution in [0.5, 0.6) is 0 Å². The number of carbonyl (C=O) groups excluding carboxylic acids is 1. The van der Waals surface area contributed by atoms with Crippen molar-refractivity contribution in [3.8, 4) is 0 Å². The van der Waals surface area contributed by atoms with E-state index in [1.165, 1.54) is 5.57 Å². The molecule has 0 aromatic heterocycles. The van der Waals surface area contributed by atoms with Crippen molar-refractivity contribution in [2.75, 3.05) is 59.7 Å². The van der Waals surface area contributed by atoms with Gasteiger partial charge in [0.2, 0.25) is 0 Å². The zero-order valence-electron chi connectivity index (χ0n) is 21.7. The maximum atomic E-state index is 13.2. The molecule has 4 saturated heterocycles. The lowest BCUT2D eigenvalue weighted by atomic mass is 9.68. The molecule has 0 N–H and O–H groups in total. The Kier molecular flexibility index (Phi) is 6.20. The Labute approximate surface area is 209 Å². The number of allylic oxidation sites excluding steroid dienone is 1. The van der Waals surface area contributed by atoms with Crippen molar-refractivity contribution in [3.63, 3.8) is 0 Å². The predicted molar refractivity (Wildman–Crippen MR) is 129 cm³/mol. The Balaban J connectivity index is 1.05. The van der Waals surface area contributed by atoms with Crippen LogP contribution in [0.15, 0.2) is 11.6 Å². The number of morpholine rings is 1. The zero-order chi connectivity index (χ0) is 24.4. The minimum atomic E-state index is -0.309. The van der Waals surface area contributed by atoms with Gasteiger partial charge in [0.1, 0.15) is 23.4 Å². The van der Waals surface area contributed by atoms with E-state index in [1.54, 1.807) is 7.11 Å². The highest BCUT2D eigenvalue weighted by molar-refractivity contribution is 5.68. The van der Waals surface area contributed by atoms with Crippen LogP contribution in [0.3, 0.4) is 0 Å². The molecule has 6 rings (SSSR count). The standard InChI is InChI=1S/C27H42N2O6/c1-17(2)5-6-22-26(3,35-22)24-23(31-4)21(7-8-27(24)16-33-27)34-25(30)29-14-19-18(20(19)15-29)13-28-9-11-32-12-10-28/h5,18-24H,6-16H2,1-4H3/t18?,19-,20+,21-,22-,23-,24?,26+,27+/m1/s1. The van der Waals surface area contributed by atoms with Crippen LogP contribution in [0.2, 0.25) is 0 Å². The van der Waals surface area contributed by atoms with E-state index in [0.29, 0.717) is 11.8 Å². The quantitative estimate of drug-likeness (QED) is 0.401. The number of ether oxygens (including phenoxy) is 5. The monoisotopic (exact) mass is 490 g/mol. The largest absolute Gasteiger partial charge is 0.443 e. The first-order valence-electron chi connectivity index (χ1n) is 13.6. The minimum Gasteiger partial charge on any atom is -0.443 e. The molecule has 2 saturated carbocycles. The van der Waals surface area contributed by atoms with Crippen LogP contribution in [-0.4, -0.2) is 105 Å². The fraction of sp³-hybridized carbons (Fsp3) is 0.889. The molecule has 9 atom stereocenters. The number of piperidine rings is 1. The number of rotatable bonds is 7. The summed E-state index contributed by atoms with van der Waals surface area (Å²) < 4.78 is 30.0. The molecular formula is C27H42N2O6. The van der Waals surface area contributed by atoms with E-state index in [1.807, 2.05) is 4.90 Å². The Morgan fingerprint density at radius 1 is 1.17 bits per heavy atom. The van der Waals surface area contributed by atoms with Crippen LogP contribution in [-0.2, 0) is 23.7 Å².